The summed E-state index contributed by atoms with van der Waals surface area (Å²) < 4.78 is 4.61. The summed E-state index contributed by atoms with van der Waals surface area (Å²) in [4.78, 5) is 10.9. The maximum absolute atomic E-state index is 10.9. The molecule has 1 atom stereocenters. The molecule has 0 rings (SSSR count). The Morgan fingerprint density at radius 2 is 1.64 bits per heavy atom. The average Bonchev–Trinajstić information content (AvgIpc) is 2.52. The van der Waals surface area contributed by atoms with Crippen LogP contribution in [-0.2, 0) is 9.53 Å². The number of unbranched alkanes of at least 4 members (excludes halogenated alkanes) is 9. The second-order valence-electron chi connectivity index (χ2n) is 5.88. The summed E-state index contributed by atoms with van der Waals surface area (Å²) in [7, 11) is 1.44. The van der Waals surface area contributed by atoms with Gasteiger partial charge < -0.3 is 9.84 Å². The van der Waals surface area contributed by atoms with Crippen LogP contribution in [0, 0.1) is 11.8 Å². The van der Waals surface area contributed by atoms with E-state index < -0.39 is 6.10 Å². The second-order valence-corrected chi connectivity index (χ2v) is 5.88. The Labute approximate surface area is 136 Å². The lowest BCUT2D eigenvalue weighted by Gasteiger charge is -2.02. The molecule has 0 aromatic heterocycles. The zero-order valence-electron chi connectivity index (χ0n) is 14.5. The van der Waals surface area contributed by atoms with Gasteiger partial charge in [0, 0.05) is 12.8 Å². The number of esters is 1. The second kappa shape index (κ2) is 16.4. The highest BCUT2D eigenvalue weighted by Crippen LogP contribution is 2.10. The van der Waals surface area contributed by atoms with Crippen LogP contribution in [0.25, 0.3) is 0 Å². The first-order valence-corrected chi connectivity index (χ1v) is 8.94. The van der Waals surface area contributed by atoms with E-state index in [9.17, 15) is 9.90 Å². The van der Waals surface area contributed by atoms with Crippen LogP contribution in [0.5, 0.6) is 0 Å². The van der Waals surface area contributed by atoms with Crippen molar-refractivity contribution < 1.29 is 14.6 Å². The molecule has 128 valence electrons. The number of carbonyl (C=O) groups is 1. The molecule has 1 N–H and O–H groups in total. The minimum absolute atomic E-state index is 0.101. The molecule has 0 aliphatic carbocycles. The summed E-state index contributed by atoms with van der Waals surface area (Å²) in [5, 5.41) is 9.65. The molecular weight excluding hydrogens is 276 g/mol. The van der Waals surface area contributed by atoms with E-state index in [0.29, 0.717) is 6.42 Å². The van der Waals surface area contributed by atoms with E-state index in [1.807, 2.05) is 0 Å². The number of aliphatic hydroxyl groups is 1. The lowest BCUT2D eigenvalue weighted by atomic mass is 10.1. The van der Waals surface area contributed by atoms with Gasteiger partial charge in [-0.05, 0) is 25.7 Å². The average molecular weight is 310 g/mol. The molecule has 3 heteroatoms. The number of hydrogen-bond acceptors (Lipinski definition) is 3. The topological polar surface area (TPSA) is 46.5 Å². The van der Waals surface area contributed by atoms with E-state index in [1.54, 1.807) is 0 Å². The fraction of sp³-hybridized carbons (Fsp3) is 0.842. The Kier molecular flexibility index (Phi) is 15.6. The first kappa shape index (κ1) is 21.0. The van der Waals surface area contributed by atoms with Gasteiger partial charge in [-0.25, -0.2) is 0 Å². The van der Waals surface area contributed by atoms with Crippen molar-refractivity contribution in [3.05, 3.63) is 0 Å². The maximum Gasteiger partial charge on any atom is 0.305 e. The van der Waals surface area contributed by atoms with E-state index in [0.717, 1.165) is 38.5 Å². The predicted molar refractivity (Wildman–Crippen MR) is 91.5 cm³/mol. The van der Waals surface area contributed by atoms with E-state index in [2.05, 4.69) is 23.5 Å². The Morgan fingerprint density at radius 3 is 2.27 bits per heavy atom. The van der Waals surface area contributed by atoms with Crippen LogP contribution in [0.3, 0.4) is 0 Å². The maximum atomic E-state index is 10.9. The number of rotatable bonds is 13. The van der Waals surface area contributed by atoms with Crippen LogP contribution < -0.4 is 0 Å². The van der Waals surface area contributed by atoms with Gasteiger partial charge in [0.05, 0.1) is 7.11 Å². The molecule has 0 amide bonds. The molecule has 22 heavy (non-hydrogen) atoms. The molecule has 0 fully saturated rings. The number of aliphatic hydroxyl groups excluding tert-OH is 1. The van der Waals surface area contributed by atoms with Gasteiger partial charge in [-0.15, -0.1) is 5.92 Å². The third-order valence-electron chi connectivity index (χ3n) is 3.76. The van der Waals surface area contributed by atoms with Crippen molar-refractivity contribution >= 4 is 5.97 Å². The summed E-state index contributed by atoms with van der Waals surface area (Å²) >= 11 is 0. The van der Waals surface area contributed by atoms with E-state index in [4.69, 9.17) is 0 Å². The third-order valence-corrected chi connectivity index (χ3v) is 3.76. The van der Waals surface area contributed by atoms with Crippen molar-refractivity contribution in [2.75, 3.05) is 7.11 Å². The van der Waals surface area contributed by atoms with Crippen molar-refractivity contribution in [2.24, 2.45) is 0 Å². The van der Waals surface area contributed by atoms with Gasteiger partial charge >= 0.3 is 5.97 Å². The number of ether oxygens (including phenoxy) is 1. The zero-order valence-corrected chi connectivity index (χ0v) is 14.5. The third kappa shape index (κ3) is 15.4. The van der Waals surface area contributed by atoms with Gasteiger partial charge in [0.25, 0.3) is 0 Å². The van der Waals surface area contributed by atoms with Gasteiger partial charge in [0.1, 0.15) is 6.10 Å². The molecule has 0 aromatic carbocycles. The smallest absolute Gasteiger partial charge is 0.305 e. The fourth-order valence-corrected chi connectivity index (χ4v) is 2.32. The van der Waals surface area contributed by atoms with Gasteiger partial charge in [-0.1, -0.05) is 57.8 Å². The van der Waals surface area contributed by atoms with Crippen molar-refractivity contribution in [2.45, 2.75) is 96.5 Å². The van der Waals surface area contributed by atoms with Crippen LogP contribution in [0.1, 0.15) is 90.4 Å². The SMILES string of the molecule is CCCCC[C@H](O)C#CCCCCCCCCCC(=O)OC. The van der Waals surface area contributed by atoms with Crippen LogP contribution >= 0.6 is 0 Å². The first-order chi connectivity index (χ1) is 10.7. The summed E-state index contributed by atoms with van der Waals surface area (Å²) in [6.07, 6.45) is 13.3. The van der Waals surface area contributed by atoms with E-state index >= 15 is 0 Å². The van der Waals surface area contributed by atoms with Gasteiger partial charge in [-0.2, -0.15) is 0 Å². The summed E-state index contributed by atoms with van der Waals surface area (Å²) in [6.45, 7) is 2.16. The Balaban J connectivity index is 3.28. The Bertz CT molecular complexity index is 314. The quantitative estimate of drug-likeness (QED) is 0.307. The Hall–Kier alpha value is -1.01. The molecule has 0 aliphatic heterocycles. The van der Waals surface area contributed by atoms with Crippen LogP contribution in [0.4, 0.5) is 0 Å². The highest BCUT2D eigenvalue weighted by Gasteiger charge is 1.99. The molecule has 3 nitrogen and oxygen atoms in total. The molecule has 0 aromatic rings. The van der Waals surface area contributed by atoms with Gasteiger partial charge in [0.15, 0.2) is 0 Å². The van der Waals surface area contributed by atoms with Crippen molar-refractivity contribution in [3.63, 3.8) is 0 Å². The highest BCUT2D eigenvalue weighted by atomic mass is 16.5. The lowest BCUT2D eigenvalue weighted by Crippen LogP contribution is -2.01. The van der Waals surface area contributed by atoms with Gasteiger partial charge in [-0.3, -0.25) is 4.79 Å². The van der Waals surface area contributed by atoms with Crippen LogP contribution in [-0.4, -0.2) is 24.3 Å². The summed E-state index contributed by atoms with van der Waals surface area (Å²) in [5.41, 5.74) is 0. The molecule has 0 spiro atoms. The normalized spacial score (nSPS) is 11.6. The Morgan fingerprint density at radius 1 is 1.00 bits per heavy atom. The van der Waals surface area contributed by atoms with Crippen molar-refractivity contribution in [1.29, 1.82) is 0 Å². The predicted octanol–water partition coefficient (Wildman–Crippen LogP) is 4.61. The first-order valence-electron chi connectivity index (χ1n) is 8.94. The molecule has 0 heterocycles. The number of hydrogen-bond donors (Lipinski definition) is 1. The molecule has 0 bridgehead atoms. The monoisotopic (exact) mass is 310 g/mol. The van der Waals surface area contributed by atoms with Crippen molar-refractivity contribution in [1.82, 2.24) is 0 Å². The fourth-order valence-electron chi connectivity index (χ4n) is 2.32. The standard InChI is InChI=1S/C19H34O3/c1-3-4-12-15-18(20)16-13-10-8-6-5-7-9-11-14-17-19(21)22-2/h18,20H,3-12,14-15,17H2,1-2H3/t18-/m0/s1. The molecule has 0 unspecified atom stereocenters. The number of carbonyl (C=O) groups excluding carboxylic acids is 1. The van der Waals surface area contributed by atoms with Crippen molar-refractivity contribution in [3.8, 4) is 11.8 Å². The molecule has 0 saturated heterocycles. The van der Waals surface area contributed by atoms with Crippen LogP contribution in [0.15, 0.2) is 0 Å². The van der Waals surface area contributed by atoms with Crippen LogP contribution in [0.2, 0.25) is 0 Å². The molecule has 0 radical (unpaired) electrons. The zero-order chi connectivity index (χ0) is 16.5. The number of methoxy groups -OCH3 is 1. The van der Waals surface area contributed by atoms with E-state index in [-0.39, 0.29) is 5.97 Å². The summed E-state index contributed by atoms with van der Waals surface area (Å²) in [6, 6.07) is 0. The highest BCUT2D eigenvalue weighted by molar-refractivity contribution is 5.68. The largest absolute Gasteiger partial charge is 0.469 e. The lowest BCUT2D eigenvalue weighted by molar-refractivity contribution is -0.140. The minimum Gasteiger partial charge on any atom is -0.469 e. The van der Waals surface area contributed by atoms with Gasteiger partial charge in [0.2, 0.25) is 0 Å². The molecule has 0 saturated carbocycles. The minimum atomic E-state index is -0.429. The molecule has 0 aliphatic rings. The van der Waals surface area contributed by atoms with E-state index in [1.165, 1.54) is 45.6 Å². The summed E-state index contributed by atoms with van der Waals surface area (Å²) in [5.74, 6) is 5.93. The molecular formula is C19H34O3.